The van der Waals surface area contributed by atoms with Crippen molar-refractivity contribution in [3.05, 3.63) is 65.3 Å². The molecule has 2 aromatic carbocycles. The maximum atomic E-state index is 13.7. The van der Waals surface area contributed by atoms with Crippen LogP contribution >= 0.6 is 0 Å². The van der Waals surface area contributed by atoms with E-state index in [1.807, 2.05) is 31.2 Å². The van der Waals surface area contributed by atoms with Gasteiger partial charge in [-0.15, -0.1) is 0 Å². The Balaban J connectivity index is 2.76. The van der Waals surface area contributed by atoms with Crippen molar-refractivity contribution < 1.29 is 23.2 Å². The van der Waals surface area contributed by atoms with Gasteiger partial charge >= 0.3 is 5.97 Å². The maximum absolute atomic E-state index is 13.7. The zero-order valence-electron chi connectivity index (χ0n) is 22.7. The molecule has 2 aromatic rings. The second-order valence-corrected chi connectivity index (χ2v) is 17.5. The molecule has 6 nitrogen and oxygen atoms in total. The van der Waals surface area contributed by atoms with Gasteiger partial charge in [0.2, 0.25) is 0 Å². The highest BCUT2D eigenvalue weighted by Crippen LogP contribution is 2.42. The number of hydrogen-bond acceptors (Lipinski definition) is 6. The van der Waals surface area contributed by atoms with Crippen LogP contribution in [0.5, 0.6) is 11.5 Å². The lowest BCUT2D eigenvalue weighted by molar-refractivity contribution is -0.138. The van der Waals surface area contributed by atoms with Crippen molar-refractivity contribution in [2.45, 2.75) is 50.8 Å². The van der Waals surface area contributed by atoms with Crippen molar-refractivity contribution in [1.82, 2.24) is 0 Å². The number of nitrogens with zero attached hydrogens (tertiary/aromatic N) is 1. The monoisotopic (exact) mass is 529 g/mol. The van der Waals surface area contributed by atoms with Gasteiger partial charge in [-0.05, 0) is 50.6 Å². The fraction of sp³-hybridized carbons (Fsp3) is 0.393. The molecule has 0 aliphatic carbocycles. The van der Waals surface area contributed by atoms with Crippen LogP contribution in [0.15, 0.2) is 63.4 Å². The van der Waals surface area contributed by atoms with E-state index in [1.165, 1.54) is 0 Å². The molecule has 8 heteroatoms. The number of hydrogen-bond donors (Lipinski definition) is 0. The molecule has 1 atom stereocenters. The van der Waals surface area contributed by atoms with E-state index in [0.29, 0.717) is 39.6 Å². The summed E-state index contributed by atoms with van der Waals surface area (Å²) in [4.78, 5) is 13.5. The minimum Gasteiger partial charge on any atom is -0.496 e. The minimum absolute atomic E-state index is 0.267. The number of benzene rings is 2. The van der Waals surface area contributed by atoms with Crippen molar-refractivity contribution in [3.63, 3.8) is 0 Å². The first-order chi connectivity index (χ1) is 16.9. The second kappa shape index (κ2) is 12.9. The molecule has 0 aliphatic heterocycles. The Hall–Kier alpha value is -2.84. The van der Waals surface area contributed by atoms with Crippen molar-refractivity contribution in [1.29, 1.82) is 0 Å². The van der Waals surface area contributed by atoms with Crippen molar-refractivity contribution in [3.8, 4) is 11.5 Å². The van der Waals surface area contributed by atoms with E-state index in [4.69, 9.17) is 18.6 Å². The molecule has 0 heterocycles. The summed E-state index contributed by atoms with van der Waals surface area (Å²) in [6.45, 7) is 10.8. The smallest absolute Gasteiger partial charge is 0.334 e. The van der Waals surface area contributed by atoms with Gasteiger partial charge in [-0.2, -0.15) is 4.36 Å². The average molecular weight is 530 g/mol. The van der Waals surface area contributed by atoms with Crippen LogP contribution in [0.2, 0.25) is 25.7 Å². The highest BCUT2D eigenvalue weighted by Gasteiger charge is 2.20. The fourth-order valence-corrected chi connectivity index (χ4v) is 5.74. The maximum Gasteiger partial charge on any atom is 0.334 e. The Morgan fingerprint density at radius 2 is 1.75 bits per heavy atom. The summed E-state index contributed by atoms with van der Waals surface area (Å²) < 4.78 is 35.0. The molecule has 2 rings (SSSR count). The van der Waals surface area contributed by atoms with Gasteiger partial charge in [0.25, 0.3) is 0 Å². The van der Waals surface area contributed by atoms with E-state index in [1.54, 1.807) is 51.7 Å². The van der Waals surface area contributed by atoms with E-state index in [2.05, 4.69) is 25.7 Å². The van der Waals surface area contributed by atoms with Gasteiger partial charge in [0, 0.05) is 35.9 Å². The molecule has 0 saturated carbocycles. The number of esters is 1. The number of allylic oxidation sites excluding steroid dienone is 2. The molecule has 0 saturated heterocycles. The number of carbonyl (C=O) groups is 1. The largest absolute Gasteiger partial charge is 0.496 e. The Bertz CT molecular complexity index is 1240. The molecular formula is C28H39NO5SSi. The average Bonchev–Trinajstić information content (AvgIpc) is 2.82. The van der Waals surface area contributed by atoms with Crippen LogP contribution in [0.4, 0.5) is 5.69 Å². The first-order valence-electron chi connectivity index (χ1n) is 12.0. The molecule has 0 spiro atoms. The molecule has 0 N–H and O–H groups in total. The van der Waals surface area contributed by atoms with Gasteiger partial charge in [-0.25, -0.2) is 9.00 Å². The molecule has 36 heavy (non-hydrogen) atoms. The number of methoxy groups -OCH3 is 2. The molecule has 0 radical (unpaired) electrons. The lowest BCUT2D eigenvalue weighted by atomic mass is 10.0. The van der Waals surface area contributed by atoms with Gasteiger partial charge < -0.3 is 14.2 Å². The number of carbonyl (C=O) groups excluding carboxylic acids is 1. The third-order valence-corrected chi connectivity index (χ3v) is 8.60. The predicted octanol–water partition coefficient (Wildman–Crippen LogP) is 7.03. The Kier molecular flexibility index (Phi) is 10.5. The summed E-state index contributed by atoms with van der Waals surface area (Å²) in [6, 6.07) is 11.9. The number of ether oxygens (including phenoxy) is 3. The summed E-state index contributed by atoms with van der Waals surface area (Å²) in [6.07, 6.45) is 7.88. The lowest BCUT2D eigenvalue weighted by Gasteiger charge is -2.17. The van der Waals surface area contributed by atoms with Crippen molar-refractivity contribution >= 4 is 35.5 Å². The highest BCUT2D eigenvalue weighted by molar-refractivity contribution is 7.93. The third-order valence-electron chi connectivity index (χ3n) is 5.46. The molecule has 0 amide bonds. The topological polar surface area (TPSA) is 74.2 Å². The van der Waals surface area contributed by atoms with Crippen molar-refractivity contribution in [2.75, 3.05) is 27.1 Å². The zero-order chi connectivity index (χ0) is 26.9. The van der Waals surface area contributed by atoms with E-state index >= 15 is 0 Å². The summed E-state index contributed by atoms with van der Waals surface area (Å²) in [5, 5.41) is 0. The van der Waals surface area contributed by atoms with Gasteiger partial charge in [-0.1, -0.05) is 50.0 Å². The first-order valence-corrected chi connectivity index (χ1v) is 17.6. The van der Waals surface area contributed by atoms with Gasteiger partial charge in [0.05, 0.1) is 30.6 Å². The van der Waals surface area contributed by atoms with Crippen LogP contribution in [0.1, 0.15) is 24.5 Å². The molecule has 196 valence electrons. The van der Waals surface area contributed by atoms with Gasteiger partial charge in [0.1, 0.15) is 11.4 Å². The van der Waals surface area contributed by atoms with E-state index < -0.39 is 23.8 Å². The Labute approximate surface area is 217 Å². The SMILES string of the molecule is CCOC(=O)/C(=C/c1cc(OC)c(C)c(OC)c1N=S(C)(=O)c1ccccc1)C/C=C/C[Si](C)(C)C. The molecule has 0 aliphatic rings. The van der Waals surface area contributed by atoms with E-state index in [-0.39, 0.29) is 6.61 Å². The standard InChI is InChI=1S/C28H39NO5SSi/c1-9-34-28(30)22(15-13-14-18-36(6,7)8)19-23-20-25(32-3)21(2)27(33-4)26(23)29-35(5,31)24-16-11-10-12-17-24/h10-14,16-17,19-20H,9,15,18H2,1-8H3/b14-13+,22-19+. The Morgan fingerprint density at radius 1 is 1.08 bits per heavy atom. The van der Waals surface area contributed by atoms with Crippen LogP contribution in [0.3, 0.4) is 0 Å². The quantitative estimate of drug-likeness (QED) is 0.135. The molecule has 0 bridgehead atoms. The van der Waals surface area contributed by atoms with Crippen LogP contribution in [0.25, 0.3) is 6.08 Å². The summed E-state index contributed by atoms with van der Waals surface area (Å²) in [5.74, 6) is 0.625. The van der Waals surface area contributed by atoms with Crippen LogP contribution < -0.4 is 9.47 Å². The lowest BCUT2D eigenvalue weighted by Crippen LogP contribution is -2.17. The van der Waals surface area contributed by atoms with Gasteiger partial charge in [-0.3, -0.25) is 0 Å². The van der Waals surface area contributed by atoms with Crippen molar-refractivity contribution in [2.24, 2.45) is 4.36 Å². The first kappa shape index (κ1) is 29.4. The third kappa shape index (κ3) is 8.10. The molecule has 0 aromatic heterocycles. The molecular weight excluding hydrogens is 490 g/mol. The van der Waals surface area contributed by atoms with E-state index in [9.17, 15) is 9.00 Å². The second-order valence-electron chi connectivity index (χ2n) is 9.71. The number of rotatable bonds is 11. The summed E-state index contributed by atoms with van der Waals surface area (Å²) in [7, 11) is -0.941. The van der Waals surface area contributed by atoms with E-state index in [0.717, 1.165) is 11.6 Å². The minimum atomic E-state index is -2.81. The Morgan fingerprint density at radius 3 is 2.31 bits per heavy atom. The molecule has 0 fully saturated rings. The normalized spacial score (nSPS) is 13.8. The van der Waals surface area contributed by atoms with Crippen LogP contribution in [0, 0.1) is 6.92 Å². The van der Waals surface area contributed by atoms with Gasteiger partial charge in [0.15, 0.2) is 5.75 Å². The van der Waals surface area contributed by atoms with Crippen LogP contribution in [-0.4, -0.2) is 45.3 Å². The zero-order valence-corrected chi connectivity index (χ0v) is 24.5. The molecule has 1 unspecified atom stereocenters. The highest BCUT2D eigenvalue weighted by atomic mass is 32.2. The fourth-order valence-electron chi connectivity index (χ4n) is 3.56. The summed E-state index contributed by atoms with van der Waals surface area (Å²) >= 11 is 0. The van der Waals surface area contributed by atoms with Crippen LogP contribution in [-0.2, 0) is 19.3 Å². The summed E-state index contributed by atoms with van der Waals surface area (Å²) in [5.41, 5.74) is 2.17. The predicted molar refractivity (Wildman–Crippen MR) is 152 cm³/mol.